The highest BCUT2D eigenvalue weighted by atomic mass is 35.5. The smallest absolute Gasteiger partial charge is 0.321 e. The molecule has 0 atom stereocenters. The van der Waals surface area contributed by atoms with Crippen LogP contribution in [-0.4, -0.2) is 35.6 Å². The molecule has 0 bridgehead atoms. The number of benzene rings is 1. The fourth-order valence-corrected chi connectivity index (χ4v) is 1.75. The van der Waals surface area contributed by atoms with E-state index in [0.29, 0.717) is 15.7 Å². The average Bonchev–Trinajstić information content (AvgIpc) is 2.32. The maximum atomic E-state index is 11.8. The van der Waals surface area contributed by atoms with E-state index in [9.17, 15) is 9.59 Å². The van der Waals surface area contributed by atoms with Gasteiger partial charge in [0.2, 0.25) is 0 Å². The molecule has 0 spiro atoms. The minimum Gasteiger partial charge on any atom is -0.481 e. The molecule has 0 aliphatic carbocycles. The van der Waals surface area contributed by atoms with E-state index in [2.05, 4.69) is 5.32 Å². The number of anilines is 1. The van der Waals surface area contributed by atoms with E-state index in [4.69, 9.17) is 28.3 Å². The molecule has 19 heavy (non-hydrogen) atoms. The number of carbonyl (C=O) groups is 2. The molecule has 0 aliphatic rings. The van der Waals surface area contributed by atoms with E-state index in [1.807, 2.05) is 0 Å². The summed E-state index contributed by atoms with van der Waals surface area (Å²) in [6, 6.07) is 2.77. The number of rotatable bonds is 4. The van der Waals surface area contributed by atoms with E-state index in [1.165, 1.54) is 11.9 Å². The van der Waals surface area contributed by atoms with Crippen molar-refractivity contribution in [2.45, 2.75) is 13.3 Å². The number of carbonyl (C=O) groups excluding carboxylic acids is 1. The number of urea groups is 1. The van der Waals surface area contributed by atoms with E-state index in [1.54, 1.807) is 19.1 Å². The third-order valence-corrected chi connectivity index (χ3v) is 3.22. The van der Waals surface area contributed by atoms with Crippen LogP contribution in [0.15, 0.2) is 12.1 Å². The molecule has 0 aromatic heterocycles. The minimum atomic E-state index is -0.962. The van der Waals surface area contributed by atoms with Crippen molar-refractivity contribution in [3.63, 3.8) is 0 Å². The van der Waals surface area contributed by atoms with Crippen molar-refractivity contribution in [3.05, 3.63) is 27.7 Å². The number of nitrogens with one attached hydrogen (secondary N) is 1. The largest absolute Gasteiger partial charge is 0.481 e. The molecule has 104 valence electrons. The van der Waals surface area contributed by atoms with Gasteiger partial charge in [0.15, 0.2) is 0 Å². The molecule has 0 unspecified atom stereocenters. The Balaban J connectivity index is 2.71. The standard InChI is InChI=1S/C12H14Cl2N2O3/c1-7-5-9(14)10(6-8(7)13)15-12(19)16(2)4-3-11(17)18/h5-6H,3-4H2,1-2H3,(H,15,19)(H,17,18). The maximum Gasteiger partial charge on any atom is 0.321 e. The highest BCUT2D eigenvalue weighted by Gasteiger charge is 2.13. The van der Waals surface area contributed by atoms with Crippen LogP contribution in [0, 0.1) is 6.92 Å². The van der Waals surface area contributed by atoms with Crippen molar-refractivity contribution in [1.82, 2.24) is 4.90 Å². The predicted molar refractivity (Wildman–Crippen MR) is 75.1 cm³/mol. The lowest BCUT2D eigenvalue weighted by Crippen LogP contribution is -2.33. The van der Waals surface area contributed by atoms with Crippen molar-refractivity contribution in [2.24, 2.45) is 0 Å². The van der Waals surface area contributed by atoms with Crippen molar-refractivity contribution >= 4 is 40.9 Å². The quantitative estimate of drug-likeness (QED) is 0.897. The summed E-state index contributed by atoms with van der Waals surface area (Å²) < 4.78 is 0. The van der Waals surface area contributed by atoms with E-state index in [0.717, 1.165) is 5.56 Å². The Morgan fingerprint density at radius 1 is 1.32 bits per heavy atom. The summed E-state index contributed by atoms with van der Waals surface area (Å²) in [5, 5.41) is 12.0. The number of nitrogens with zero attached hydrogens (tertiary/aromatic N) is 1. The molecular weight excluding hydrogens is 291 g/mol. The number of aryl methyl sites for hydroxylation is 1. The molecule has 0 fully saturated rings. The second-order valence-electron chi connectivity index (χ2n) is 4.08. The van der Waals surface area contributed by atoms with Gasteiger partial charge < -0.3 is 15.3 Å². The molecular formula is C12H14Cl2N2O3. The SMILES string of the molecule is Cc1cc(Cl)c(NC(=O)N(C)CCC(=O)O)cc1Cl. The Labute approximate surface area is 121 Å². The van der Waals surface area contributed by atoms with Crippen LogP contribution in [0.25, 0.3) is 0 Å². The Bertz CT molecular complexity index is 506. The summed E-state index contributed by atoms with van der Waals surface area (Å²) in [6.07, 6.45) is -0.119. The first-order chi connectivity index (χ1) is 8.81. The molecule has 0 saturated carbocycles. The molecule has 1 aromatic rings. The van der Waals surface area contributed by atoms with Gasteiger partial charge >= 0.3 is 12.0 Å². The minimum absolute atomic E-state index is 0.110. The van der Waals surface area contributed by atoms with Crippen LogP contribution in [0.1, 0.15) is 12.0 Å². The van der Waals surface area contributed by atoms with Crippen LogP contribution in [0.4, 0.5) is 10.5 Å². The zero-order chi connectivity index (χ0) is 14.6. The van der Waals surface area contributed by atoms with E-state index in [-0.39, 0.29) is 13.0 Å². The van der Waals surface area contributed by atoms with Crippen LogP contribution in [0.3, 0.4) is 0 Å². The summed E-state index contributed by atoms with van der Waals surface area (Å²) in [7, 11) is 1.50. The summed E-state index contributed by atoms with van der Waals surface area (Å²) in [6.45, 7) is 1.91. The summed E-state index contributed by atoms with van der Waals surface area (Å²) in [4.78, 5) is 23.5. The monoisotopic (exact) mass is 304 g/mol. The van der Waals surface area contributed by atoms with E-state index >= 15 is 0 Å². The van der Waals surface area contributed by atoms with Crippen molar-refractivity contribution in [3.8, 4) is 0 Å². The van der Waals surface area contributed by atoms with Crippen molar-refractivity contribution in [1.29, 1.82) is 0 Å². The lowest BCUT2D eigenvalue weighted by Gasteiger charge is -2.18. The molecule has 0 radical (unpaired) electrons. The van der Waals surface area contributed by atoms with Gasteiger partial charge in [-0.15, -0.1) is 0 Å². The number of hydrogen-bond donors (Lipinski definition) is 2. The first kappa shape index (κ1) is 15.6. The molecule has 0 heterocycles. The van der Waals surface area contributed by atoms with Crippen LogP contribution in [0.2, 0.25) is 10.0 Å². The number of carboxylic acids is 1. The fourth-order valence-electron chi connectivity index (χ4n) is 1.32. The Kier molecular flexibility index (Phi) is 5.44. The second kappa shape index (κ2) is 6.63. The fraction of sp³-hybridized carbons (Fsp3) is 0.333. The number of carboxylic acid groups (broad SMARTS) is 1. The van der Waals surface area contributed by atoms with Gasteiger partial charge in [0.25, 0.3) is 0 Å². The first-order valence-corrected chi connectivity index (χ1v) is 6.26. The van der Waals surface area contributed by atoms with Crippen molar-refractivity contribution in [2.75, 3.05) is 18.9 Å². The normalized spacial score (nSPS) is 10.1. The van der Waals surface area contributed by atoms with Gasteiger partial charge in [0.05, 0.1) is 17.1 Å². The molecule has 1 rings (SSSR count). The lowest BCUT2D eigenvalue weighted by molar-refractivity contribution is -0.137. The topological polar surface area (TPSA) is 69.6 Å². The number of amides is 2. The molecule has 7 heteroatoms. The third kappa shape index (κ3) is 4.61. The van der Waals surface area contributed by atoms with Crippen molar-refractivity contribution < 1.29 is 14.7 Å². The van der Waals surface area contributed by atoms with Gasteiger partial charge in [-0.3, -0.25) is 4.79 Å². The summed E-state index contributed by atoms with van der Waals surface area (Å²) >= 11 is 11.9. The van der Waals surface area contributed by atoms with Gasteiger partial charge in [-0.25, -0.2) is 4.79 Å². The molecule has 2 N–H and O–H groups in total. The highest BCUT2D eigenvalue weighted by molar-refractivity contribution is 6.36. The number of halogens is 2. The first-order valence-electron chi connectivity index (χ1n) is 5.51. The van der Waals surface area contributed by atoms with E-state index < -0.39 is 12.0 Å². The molecule has 5 nitrogen and oxygen atoms in total. The lowest BCUT2D eigenvalue weighted by atomic mass is 10.2. The van der Waals surface area contributed by atoms with Crippen LogP contribution >= 0.6 is 23.2 Å². The number of hydrogen-bond acceptors (Lipinski definition) is 2. The Morgan fingerprint density at radius 2 is 1.95 bits per heavy atom. The van der Waals surface area contributed by atoms with Gasteiger partial charge in [0.1, 0.15) is 0 Å². The predicted octanol–water partition coefficient (Wildman–Crippen LogP) is 3.24. The molecule has 1 aromatic carbocycles. The zero-order valence-electron chi connectivity index (χ0n) is 10.5. The second-order valence-corrected chi connectivity index (χ2v) is 4.89. The van der Waals surface area contributed by atoms with Crippen LogP contribution < -0.4 is 5.32 Å². The molecule has 2 amide bonds. The molecule has 0 saturated heterocycles. The summed E-state index contributed by atoms with van der Waals surface area (Å²) in [5.41, 5.74) is 1.20. The van der Waals surface area contributed by atoms with Gasteiger partial charge in [-0.05, 0) is 24.6 Å². The van der Waals surface area contributed by atoms with Crippen LogP contribution in [-0.2, 0) is 4.79 Å². The maximum absolute atomic E-state index is 11.8. The van der Waals surface area contributed by atoms with Gasteiger partial charge in [0, 0.05) is 18.6 Å². The highest BCUT2D eigenvalue weighted by Crippen LogP contribution is 2.28. The number of aliphatic carboxylic acids is 1. The Morgan fingerprint density at radius 3 is 2.53 bits per heavy atom. The van der Waals surface area contributed by atoms with Gasteiger partial charge in [-0.1, -0.05) is 23.2 Å². The Hall–Kier alpha value is -1.46. The third-order valence-electron chi connectivity index (χ3n) is 2.50. The summed E-state index contributed by atoms with van der Waals surface area (Å²) in [5.74, 6) is -0.962. The molecule has 0 aliphatic heterocycles. The average molecular weight is 305 g/mol. The van der Waals surface area contributed by atoms with Gasteiger partial charge in [-0.2, -0.15) is 0 Å². The van der Waals surface area contributed by atoms with Crippen LogP contribution in [0.5, 0.6) is 0 Å². The zero-order valence-corrected chi connectivity index (χ0v) is 12.0.